The highest BCUT2D eigenvalue weighted by Gasteiger charge is 2.41. The van der Waals surface area contributed by atoms with Crippen molar-refractivity contribution in [3.05, 3.63) is 29.8 Å². The van der Waals surface area contributed by atoms with Gasteiger partial charge in [0, 0.05) is 32.6 Å². The van der Waals surface area contributed by atoms with Crippen LogP contribution >= 0.6 is 12.4 Å². The number of hydrogen-bond acceptors (Lipinski definition) is 4. The van der Waals surface area contributed by atoms with Gasteiger partial charge in [0.15, 0.2) is 0 Å². The number of ether oxygens (including phenoxy) is 1. The molecule has 2 aliphatic rings. The lowest BCUT2D eigenvalue weighted by atomic mass is 9.82. The molecule has 2 saturated heterocycles. The van der Waals surface area contributed by atoms with Crippen molar-refractivity contribution in [1.82, 2.24) is 9.80 Å². The molecule has 0 spiro atoms. The Morgan fingerprint density at radius 3 is 2.54 bits per heavy atom. The van der Waals surface area contributed by atoms with E-state index in [1.54, 1.807) is 19.1 Å². The molecule has 3 rings (SSSR count). The number of nitrogens with zero attached hydrogens (tertiary/aromatic N) is 2. The zero-order valence-corrected chi connectivity index (χ0v) is 17.8. The molecule has 0 bridgehead atoms. The second-order valence-corrected chi connectivity index (χ2v) is 7.91. The molecule has 0 aromatic heterocycles. The number of nitrogens with two attached hydrogens (primary N) is 1. The minimum Gasteiger partial charge on any atom is -0.497 e. The van der Waals surface area contributed by atoms with Crippen LogP contribution in [0.5, 0.6) is 5.75 Å². The molecule has 156 valence electrons. The van der Waals surface area contributed by atoms with Gasteiger partial charge in [-0.05, 0) is 49.8 Å². The van der Waals surface area contributed by atoms with Crippen LogP contribution < -0.4 is 10.5 Å². The minimum atomic E-state index is -0.236. The number of amides is 2. The fourth-order valence-corrected chi connectivity index (χ4v) is 4.43. The van der Waals surface area contributed by atoms with E-state index >= 15 is 0 Å². The summed E-state index contributed by atoms with van der Waals surface area (Å²) in [5.74, 6) is 1.15. The van der Waals surface area contributed by atoms with Gasteiger partial charge in [0.05, 0.1) is 19.1 Å². The lowest BCUT2D eigenvalue weighted by Gasteiger charge is -2.42. The van der Waals surface area contributed by atoms with Gasteiger partial charge in [-0.3, -0.25) is 9.59 Å². The molecule has 0 saturated carbocycles. The van der Waals surface area contributed by atoms with Crippen LogP contribution in [0.4, 0.5) is 0 Å². The maximum absolute atomic E-state index is 13.4. The number of halogens is 1. The number of methoxy groups -OCH3 is 1. The average molecular weight is 410 g/mol. The van der Waals surface area contributed by atoms with E-state index in [-0.39, 0.29) is 42.2 Å². The first-order valence-corrected chi connectivity index (χ1v) is 9.86. The second kappa shape index (κ2) is 9.61. The van der Waals surface area contributed by atoms with Crippen LogP contribution in [0.25, 0.3) is 0 Å². The van der Waals surface area contributed by atoms with E-state index in [9.17, 15) is 9.59 Å². The first-order chi connectivity index (χ1) is 12.9. The number of benzene rings is 1. The zero-order chi connectivity index (χ0) is 19.6. The maximum Gasteiger partial charge on any atom is 0.228 e. The van der Waals surface area contributed by atoms with Gasteiger partial charge in [0.1, 0.15) is 5.75 Å². The molecule has 1 aromatic rings. The summed E-state index contributed by atoms with van der Waals surface area (Å²) >= 11 is 0. The Morgan fingerprint density at radius 1 is 1.25 bits per heavy atom. The van der Waals surface area contributed by atoms with Crippen LogP contribution in [0.2, 0.25) is 0 Å². The van der Waals surface area contributed by atoms with Gasteiger partial charge in [-0.25, -0.2) is 0 Å². The van der Waals surface area contributed by atoms with Crippen LogP contribution in [-0.4, -0.2) is 54.9 Å². The van der Waals surface area contributed by atoms with E-state index in [2.05, 4.69) is 0 Å². The highest BCUT2D eigenvalue weighted by Crippen LogP contribution is 2.38. The fourth-order valence-electron chi connectivity index (χ4n) is 4.43. The summed E-state index contributed by atoms with van der Waals surface area (Å²) in [6.07, 6.45) is 3.08. The van der Waals surface area contributed by atoms with Crippen molar-refractivity contribution in [2.75, 3.05) is 27.2 Å². The molecule has 1 aromatic carbocycles. The van der Waals surface area contributed by atoms with Crippen molar-refractivity contribution >= 4 is 24.2 Å². The summed E-state index contributed by atoms with van der Waals surface area (Å²) in [4.78, 5) is 29.5. The molecule has 4 unspecified atom stereocenters. The molecule has 4 atom stereocenters. The van der Waals surface area contributed by atoms with Crippen LogP contribution in [0.3, 0.4) is 0 Å². The van der Waals surface area contributed by atoms with Crippen LogP contribution in [0.1, 0.15) is 44.2 Å². The summed E-state index contributed by atoms with van der Waals surface area (Å²) in [5, 5.41) is 0. The average Bonchev–Trinajstić information content (AvgIpc) is 2.69. The second-order valence-electron chi connectivity index (χ2n) is 7.91. The summed E-state index contributed by atoms with van der Waals surface area (Å²) < 4.78 is 5.24. The number of hydrogen-bond donors (Lipinski definition) is 1. The molecule has 0 radical (unpaired) electrons. The normalized spacial score (nSPS) is 26.4. The lowest BCUT2D eigenvalue weighted by Crippen LogP contribution is -2.51. The molecule has 2 heterocycles. The number of rotatable bonds is 4. The Kier molecular flexibility index (Phi) is 7.72. The van der Waals surface area contributed by atoms with E-state index in [0.717, 1.165) is 37.2 Å². The third-order valence-electron chi connectivity index (χ3n) is 6.15. The van der Waals surface area contributed by atoms with Gasteiger partial charge in [0.25, 0.3) is 0 Å². The van der Waals surface area contributed by atoms with Crippen LogP contribution in [-0.2, 0) is 9.59 Å². The largest absolute Gasteiger partial charge is 0.497 e. The van der Waals surface area contributed by atoms with Crippen molar-refractivity contribution in [2.24, 2.45) is 17.6 Å². The fraction of sp³-hybridized carbons (Fsp3) is 0.619. The first kappa shape index (κ1) is 22.5. The van der Waals surface area contributed by atoms with Gasteiger partial charge in [-0.2, -0.15) is 0 Å². The maximum atomic E-state index is 13.4. The van der Waals surface area contributed by atoms with Gasteiger partial charge >= 0.3 is 0 Å². The Morgan fingerprint density at radius 2 is 1.93 bits per heavy atom. The summed E-state index contributed by atoms with van der Waals surface area (Å²) in [6, 6.07) is 7.54. The molecule has 2 aliphatic heterocycles. The van der Waals surface area contributed by atoms with E-state index in [1.165, 1.54) is 0 Å². The van der Waals surface area contributed by atoms with E-state index in [1.807, 2.05) is 36.1 Å². The van der Waals surface area contributed by atoms with Gasteiger partial charge in [-0.1, -0.05) is 12.1 Å². The molecule has 0 aliphatic carbocycles. The third kappa shape index (κ3) is 4.61. The standard InChI is InChI=1S/C21H31N3O3.ClH/c1-14(22)16-5-4-12-24(13-16)21(26)18-10-11-19(25)23(2)20(18)15-6-8-17(27-3)9-7-15;/h6-9,14,16,18,20H,4-5,10-13,22H2,1-3H3;1H. The van der Waals surface area contributed by atoms with Crippen molar-refractivity contribution in [1.29, 1.82) is 0 Å². The summed E-state index contributed by atoms with van der Waals surface area (Å²) in [5.41, 5.74) is 7.07. The first-order valence-electron chi connectivity index (χ1n) is 9.86. The number of carbonyl (C=O) groups is 2. The Labute approximate surface area is 173 Å². The quantitative estimate of drug-likeness (QED) is 0.829. The van der Waals surface area contributed by atoms with Crippen molar-refractivity contribution in [3.8, 4) is 5.75 Å². The number of likely N-dealkylation sites (tertiary alicyclic amines) is 2. The van der Waals surface area contributed by atoms with E-state index < -0.39 is 0 Å². The highest BCUT2D eigenvalue weighted by atomic mass is 35.5. The summed E-state index contributed by atoms with van der Waals surface area (Å²) in [7, 11) is 3.43. The van der Waals surface area contributed by atoms with Gasteiger partial charge < -0.3 is 20.3 Å². The molecule has 2 N–H and O–H groups in total. The molecule has 2 amide bonds. The predicted molar refractivity (Wildman–Crippen MR) is 111 cm³/mol. The SMILES string of the molecule is COc1ccc(C2C(C(=O)N3CCCC(C(C)N)C3)CCC(=O)N2C)cc1.Cl. The Bertz CT molecular complexity index is 680. The molecule has 28 heavy (non-hydrogen) atoms. The summed E-state index contributed by atoms with van der Waals surface area (Å²) in [6.45, 7) is 3.53. The molecule has 7 heteroatoms. The van der Waals surface area contributed by atoms with Gasteiger partial charge in [0.2, 0.25) is 11.8 Å². The number of carbonyl (C=O) groups excluding carboxylic acids is 2. The van der Waals surface area contributed by atoms with Crippen LogP contribution in [0, 0.1) is 11.8 Å². The molecular formula is C21H32ClN3O3. The number of piperidine rings is 2. The Hall–Kier alpha value is -1.79. The van der Waals surface area contributed by atoms with Crippen molar-refractivity contribution in [2.45, 2.75) is 44.7 Å². The Balaban J connectivity index is 0.00000280. The zero-order valence-electron chi connectivity index (χ0n) is 17.0. The topological polar surface area (TPSA) is 75.9 Å². The minimum absolute atomic E-state index is 0. The smallest absolute Gasteiger partial charge is 0.228 e. The van der Waals surface area contributed by atoms with E-state index in [4.69, 9.17) is 10.5 Å². The van der Waals surface area contributed by atoms with Crippen molar-refractivity contribution < 1.29 is 14.3 Å². The van der Waals surface area contributed by atoms with Gasteiger partial charge in [-0.15, -0.1) is 12.4 Å². The van der Waals surface area contributed by atoms with Crippen LogP contribution in [0.15, 0.2) is 24.3 Å². The lowest BCUT2D eigenvalue weighted by molar-refractivity contribution is -0.147. The molecular weight excluding hydrogens is 378 g/mol. The third-order valence-corrected chi connectivity index (χ3v) is 6.15. The molecule has 6 nitrogen and oxygen atoms in total. The van der Waals surface area contributed by atoms with E-state index in [0.29, 0.717) is 18.8 Å². The predicted octanol–water partition coefficient (Wildman–Crippen LogP) is 2.61. The molecule has 2 fully saturated rings. The highest BCUT2D eigenvalue weighted by molar-refractivity contribution is 5.85. The monoisotopic (exact) mass is 409 g/mol. The van der Waals surface area contributed by atoms with Crippen molar-refractivity contribution in [3.63, 3.8) is 0 Å².